The second-order valence-corrected chi connectivity index (χ2v) is 8.34. The first-order valence-corrected chi connectivity index (χ1v) is 10.7. The van der Waals surface area contributed by atoms with E-state index in [2.05, 4.69) is 9.82 Å². The van der Waals surface area contributed by atoms with E-state index in [1.807, 2.05) is 5.10 Å². The Bertz CT molecular complexity index is 1300. The van der Waals surface area contributed by atoms with Gasteiger partial charge in [-0.15, -0.1) is 5.10 Å². The van der Waals surface area contributed by atoms with Gasteiger partial charge in [-0.3, -0.25) is 10.1 Å². The van der Waals surface area contributed by atoms with E-state index in [0.717, 1.165) is 29.8 Å². The molecule has 1 aromatic heterocycles. The number of hydrogen-bond acceptors (Lipinski definition) is 8. The number of hydrogen-bond donors (Lipinski definition) is 2. The topological polar surface area (TPSA) is 157 Å². The lowest BCUT2D eigenvalue weighted by molar-refractivity contribution is -0.384. The van der Waals surface area contributed by atoms with Crippen LogP contribution in [0.15, 0.2) is 45.6 Å². The van der Waals surface area contributed by atoms with Gasteiger partial charge in [0.05, 0.1) is 4.92 Å². The summed E-state index contributed by atoms with van der Waals surface area (Å²) in [5.74, 6) is -2.88. The van der Waals surface area contributed by atoms with Crippen LogP contribution in [0.25, 0.3) is 0 Å². The monoisotopic (exact) mass is 466 g/mol. The highest BCUT2D eigenvalue weighted by atomic mass is 32.2. The van der Waals surface area contributed by atoms with Crippen LogP contribution in [0.3, 0.4) is 0 Å². The quantitative estimate of drug-likeness (QED) is 0.379. The molecular weight excluding hydrogens is 447 g/mol. The number of aryl methyl sites for hydroxylation is 1. The van der Waals surface area contributed by atoms with Crippen molar-refractivity contribution >= 4 is 16.0 Å². The zero-order valence-electron chi connectivity index (χ0n) is 17.2. The maximum atomic E-state index is 14.7. The summed E-state index contributed by atoms with van der Waals surface area (Å²) in [5, 5.41) is 16.5. The molecule has 3 aromatic rings. The molecule has 170 valence electrons. The van der Waals surface area contributed by atoms with Crippen LogP contribution in [0.2, 0.25) is 0 Å². The molecule has 0 aliphatic heterocycles. The summed E-state index contributed by atoms with van der Waals surface area (Å²) in [5.41, 5.74) is 1.33. The van der Waals surface area contributed by atoms with Gasteiger partial charge in [-0.25, -0.2) is 14.3 Å². The molecule has 32 heavy (non-hydrogen) atoms. The van der Waals surface area contributed by atoms with Gasteiger partial charge in [-0.1, -0.05) is 13.0 Å². The molecule has 0 bridgehead atoms. The first-order valence-electron chi connectivity index (χ1n) is 9.25. The Morgan fingerprint density at radius 3 is 2.44 bits per heavy atom. The van der Waals surface area contributed by atoms with Crippen molar-refractivity contribution in [2.45, 2.75) is 32.7 Å². The molecule has 0 amide bonds. The van der Waals surface area contributed by atoms with E-state index < -0.39 is 38.8 Å². The van der Waals surface area contributed by atoms with Crippen LogP contribution in [0, 0.1) is 29.8 Å². The number of benzene rings is 2. The number of nitrogens with one attached hydrogen (secondary N) is 2. The Balaban J connectivity index is 1.95. The van der Waals surface area contributed by atoms with Crippen LogP contribution in [0.4, 0.5) is 10.1 Å². The highest BCUT2D eigenvalue weighted by Gasteiger charge is 2.33. The molecule has 2 aromatic carbocycles. The Labute approximate surface area is 181 Å². The maximum absolute atomic E-state index is 14.7. The van der Waals surface area contributed by atoms with Crippen molar-refractivity contribution in [1.82, 2.24) is 14.9 Å². The number of aromatic nitrogens is 2. The highest BCUT2D eigenvalue weighted by Crippen LogP contribution is 2.35. The maximum Gasteiger partial charge on any atom is 0.434 e. The molecular formula is C19H19FN4O7S. The van der Waals surface area contributed by atoms with Crippen molar-refractivity contribution in [3.8, 4) is 5.75 Å². The van der Waals surface area contributed by atoms with Gasteiger partial charge in [-0.05, 0) is 48.7 Å². The first kappa shape index (κ1) is 23.1. The van der Waals surface area contributed by atoms with Crippen molar-refractivity contribution in [1.29, 1.82) is 0 Å². The molecule has 0 spiro atoms. The number of halogens is 1. The Morgan fingerprint density at radius 2 is 1.88 bits per heavy atom. The smallest absolute Gasteiger partial charge is 0.391 e. The van der Waals surface area contributed by atoms with Gasteiger partial charge in [0.1, 0.15) is 17.6 Å². The summed E-state index contributed by atoms with van der Waals surface area (Å²) in [7, 11) is -4.55. The second-order valence-electron chi connectivity index (χ2n) is 7.03. The minimum atomic E-state index is -4.55. The lowest BCUT2D eigenvalue weighted by Crippen LogP contribution is -2.35. The fraction of sp³-hybridized carbons (Fsp3) is 0.263. The van der Waals surface area contributed by atoms with Crippen LogP contribution < -0.4 is 14.7 Å². The third kappa shape index (κ3) is 5.00. The zero-order chi connectivity index (χ0) is 23.6. The number of H-pyrrole nitrogens is 1. The Kier molecular flexibility index (Phi) is 6.41. The number of nitro benzene ring substituents is 1. The summed E-state index contributed by atoms with van der Waals surface area (Å²) in [6.45, 7) is 5.00. The van der Waals surface area contributed by atoms with Crippen molar-refractivity contribution < 1.29 is 26.3 Å². The summed E-state index contributed by atoms with van der Waals surface area (Å²) < 4.78 is 52.1. The molecule has 2 atom stereocenters. The van der Waals surface area contributed by atoms with Gasteiger partial charge < -0.3 is 8.60 Å². The molecule has 13 heteroatoms. The molecule has 11 nitrogen and oxygen atoms in total. The van der Waals surface area contributed by atoms with E-state index in [4.69, 9.17) is 8.60 Å². The largest absolute Gasteiger partial charge is 0.434 e. The summed E-state index contributed by atoms with van der Waals surface area (Å²) >= 11 is 0. The van der Waals surface area contributed by atoms with Crippen molar-refractivity contribution in [2.75, 3.05) is 0 Å². The summed E-state index contributed by atoms with van der Waals surface area (Å²) in [4.78, 5) is 21.6. The second kappa shape index (κ2) is 8.88. The molecule has 0 aliphatic carbocycles. The van der Waals surface area contributed by atoms with Crippen LogP contribution >= 0.6 is 0 Å². The van der Waals surface area contributed by atoms with Gasteiger partial charge >= 0.3 is 16.1 Å². The molecule has 0 saturated heterocycles. The van der Waals surface area contributed by atoms with Crippen LogP contribution in [0.1, 0.15) is 41.5 Å². The number of nitro groups is 1. The summed E-state index contributed by atoms with van der Waals surface area (Å²) in [6.07, 6.45) is 0. The van der Waals surface area contributed by atoms with Gasteiger partial charge in [0.2, 0.25) is 5.89 Å². The van der Waals surface area contributed by atoms with Crippen molar-refractivity contribution in [3.63, 3.8) is 0 Å². The predicted octanol–water partition coefficient (Wildman–Crippen LogP) is 2.79. The molecule has 0 radical (unpaired) electrons. The third-order valence-corrected chi connectivity index (χ3v) is 5.89. The number of nitrogens with zero attached hydrogens (tertiary/aromatic N) is 2. The lowest BCUT2D eigenvalue weighted by Gasteiger charge is -2.24. The van der Waals surface area contributed by atoms with Gasteiger partial charge in [0, 0.05) is 18.1 Å². The standard InChI is InChI=1S/C19H19FN4O7S/c1-10-4-9-15(20)16(11(10)2)12(3)17(18-21-22-19(25)30-18)23-32(28,29)31-14-7-5-13(6-8-14)24(26)27/h4-9,12,17,23H,1-3H3,(H,22,25)/t12?,17-/m0/s1. The highest BCUT2D eigenvalue weighted by molar-refractivity contribution is 7.85. The number of aromatic amines is 1. The third-order valence-electron chi connectivity index (χ3n) is 4.93. The molecule has 0 fully saturated rings. The van der Waals surface area contributed by atoms with Crippen LogP contribution in [-0.2, 0) is 10.3 Å². The van der Waals surface area contributed by atoms with E-state index in [-0.39, 0.29) is 22.9 Å². The Hall–Kier alpha value is -3.58. The lowest BCUT2D eigenvalue weighted by atomic mass is 9.88. The minimum Gasteiger partial charge on any atom is -0.391 e. The fourth-order valence-electron chi connectivity index (χ4n) is 3.20. The van der Waals surface area contributed by atoms with Gasteiger partial charge in [0.25, 0.3) is 5.69 Å². The van der Waals surface area contributed by atoms with E-state index in [9.17, 15) is 27.7 Å². The molecule has 1 unspecified atom stereocenters. The average Bonchev–Trinajstić information content (AvgIpc) is 3.15. The van der Waals surface area contributed by atoms with E-state index >= 15 is 0 Å². The van der Waals surface area contributed by atoms with Crippen molar-refractivity contribution in [2.24, 2.45) is 0 Å². The van der Waals surface area contributed by atoms with E-state index in [1.165, 1.54) is 6.07 Å². The number of rotatable bonds is 8. The van der Waals surface area contributed by atoms with E-state index in [0.29, 0.717) is 5.56 Å². The zero-order valence-corrected chi connectivity index (χ0v) is 18.0. The molecule has 0 aliphatic rings. The van der Waals surface area contributed by atoms with Crippen LogP contribution in [-0.4, -0.2) is 23.5 Å². The van der Waals surface area contributed by atoms with Gasteiger partial charge in [0.15, 0.2) is 0 Å². The molecule has 2 N–H and O–H groups in total. The molecule has 3 rings (SSSR count). The fourth-order valence-corrected chi connectivity index (χ4v) is 4.23. The average molecular weight is 466 g/mol. The first-order chi connectivity index (χ1) is 15.0. The molecule has 0 saturated carbocycles. The predicted molar refractivity (Wildman–Crippen MR) is 110 cm³/mol. The summed E-state index contributed by atoms with van der Waals surface area (Å²) in [6, 6.07) is 5.89. The van der Waals surface area contributed by atoms with Gasteiger partial charge in [-0.2, -0.15) is 13.1 Å². The minimum absolute atomic E-state index is 0.198. The normalized spacial score (nSPS) is 13.5. The Morgan fingerprint density at radius 1 is 1.22 bits per heavy atom. The van der Waals surface area contributed by atoms with Crippen LogP contribution in [0.5, 0.6) is 5.75 Å². The van der Waals surface area contributed by atoms with Crippen molar-refractivity contribution in [3.05, 3.63) is 85.5 Å². The molecule has 1 heterocycles. The number of non-ortho nitro benzene ring substituents is 1. The van der Waals surface area contributed by atoms with E-state index in [1.54, 1.807) is 26.8 Å². The SMILES string of the molecule is Cc1ccc(F)c(C(C)[C@H](NS(=O)(=O)Oc2ccc([N+](=O)[O-])cc2)c2n[nH]c(=O)o2)c1C.